The lowest BCUT2D eigenvalue weighted by atomic mass is 10.1. The predicted octanol–water partition coefficient (Wildman–Crippen LogP) is 2.20. The van der Waals surface area contributed by atoms with Crippen LogP contribution in [0.5, 0.6) is 0 Å². The minimum absolute atomic E-state index is 0.497. The summed E-state index contributed by atoms with van der Waals surface area (Å²) in [6.45, 7) is 4.89. The number of nitrogens with zero attached hydrogens (tertiary/aromatic N) is 3. The third kappa shape index (κ3) is 2.73. The fourth-order valence-electron chi connectivity index (χ4n) is 1.82. The largest absolute Gasteiger partial charge is 0.386 e. The van der Waals surface area contributed by atoms with Crippen LogP contribution in [0.3, 0.4) is 0 Å². The molecular weight excluding hydrogens is 234 g/mol. The minimum atomic E-state index is -0.497. The molecule has 92 valence electrons. The Hall–Kier alpha value is -1.20. The van der Waals surface area contributed by atoms with Crippen molar-refractivity contribution in [3.8, 4) is 0 Å². The van der Waals surface area contributed by atoms with Gasteiger partial charge in [0.1, 0.15) is 6.10 Å². The van der Waals surface area contributed by atoms with Crippen LogP contribution in [0.4, 0.5) is 0 Å². The third-order valence-electron chi connectivity index (χ3n) is 2.74. The maximum atomic E-state index is 10.2. The number of aromatic nitrogens is 3. The topological polar surface area (TPSA) is 50.9 Å². The van der Waals surface area contributed by atoms with Gasteiger partial charge in [0.25, 0.3) is 0 Å². The Morgan fingerprint density at radius 3 is 2.88 bits per heavy atom. The van der Waals surface area contributed by atoms with Gasteiger partial charge in [0.2, 0.25) is 0 Å². The van der Waals surface area contributed by atoms with E-state index in [0.29, 0.717) is 6.42 Å². The number of rotatable bonds is 5. The van der Waals surface area contributed by atoms with Crippen molar-refractivity contribution in [3.63, 3.8) is 0 Å². The number of hydrogen-bond acceptors (Lipinski definition) is 4. The highest BCUT2D eigenvalue weighted by atomic mass is 32.1. The Labute approximate surface area is 105 Å². The van der Waals surface area contributed by atoms with E-state index in [0.717, 1.165) is 29.2 Å². The van der Waals surface area contributed by atoms with Gasteiger partial charge in [0.15, 0.2) is 0 Å². The van der Waals surface area contributed by atoms with E-state index in [9.17, 15) is 5.11 Å². The number of aryl methyl sites for hydroxylation is 2. The maximum absolute atomic E-state index is 10.2. The van der Waals surface area contributed by atoms with Crippen LogP contribution in [0.1, 0.15) is 36.2 Å². The average molecular weight is 251 g/mol. The molecule has 2 aromatic rings. The van der Waals surface area contributed by atoms with Crippen molar-refractivity contribution in [2.45, 2.75) is 39.3 Å². The van der Waals surface area contributed by atoms with Gasteiger partial charge >= 0.3 is 0 Å². The lowest BCUT2D eigenvalue weighted by Gasteiger charge is -2.10. The van der Waals surface area contributed by atoms with Crippen molar-refractivity contribution in [2.75, 3.05) is 0 Å². The summed E-state index contributed by atoms with van der Waals surface area (Å²) >= 11 is 1.57. The Bertz CT molecular complexity index is 464. The summed E-state index contributed by atoms with van der Waals surface area (Å²) in [6.07, 6.45) is 2.82. The summed E-state index contributed by atoms with van der Waals surface area (Å²) in [5.74, 6) is 0. The van der Waals surface area contributed by atoms with Gasteiger partial charge in [-0.3, -0.25) is 9.67 Å². The van der Waals surface area contributed by atoms with Gasteiger partial charge in [-0.2, -0.15) is 5.10 Å². The van der Waals surface area contributed by atoms with E-state index in [1.54, 1.807) is 23.0 Å². The minimum Gasteiger partial charge on any atom is -0.386 e. The van der Waals surface area contributed by atoms with Gasteiger partial charge in [-0.25, -0.2) is 0 Å². The lowest BCUT2D eigenvalue weighted by molar-refractivity contribution is 0.168. The molecule has 17 heavy (non-hydrogen) atoms. The first kappa shape index (κ1) is 12.3. The van der Waals surface area contributed by atoms with Gasteiger partial charge in [-0.15, -0.1) is 11.3 Å². The molecule has 0 aliphatic rings. The van der Waals surface area contributed by atoms with E-state index in [1.165, 1.54) is 0 Å². The molecule has 1 unspecified atom stereocenters. The van der Waals surface area contributed by atoms with Crippen molar-refractivity contribution < 1.29 is 5.11 Å². The van der Waals surface area contributed by atoms with Crippen LogP contribution < -0.4 is 0 Å². The molecule has 1 atom stereocenters. The molecule has 2 aromatic heterocycles. The molecule has 0 spiro atoms. The predicted molar refractivity (Wildman–Crippen MR) is 68.1 cm³/mol. The molecule has 0 fully saturated rings. The second kappa shape index (κ2) is 5.42. The molecule has 0 aliphatic carbocycles. The van der Waals surface area contributed by atoms with Gasteiger partial charge in [0, 0.05) is 24.0 Å². The van der Waals surface area contributed by atoms with Gasteiger partial charge in [-0.1, -0.05) is 6.92 Å². The molecule has 0 saturated heterocycles. The molecule has 2 heterocycles. The second-order valence-electron chi connectivity index (χ2n) is 3.92. The van der Waals surface area contributed by atoms with Crippen LogP contribution in [-0.4, -0.2) is 19.9 Å². The van der Waals surface area contributed by atoms with E-state index in [1.807, 2.05) is 17.7 Å². The Morgan fingerprint density at radius 1 is 1.47 bits per heavy atom. The van der Waals surface area contributed by atoms with Crippen LogP contribution in [0.25, 0.3) is 0 Å². The first-order chi connectivity index (χ1) is 8.24. The Balaban J connectivity index is 2.17. The smallest absolute Gasteiger partial charge is 0.100 e. The number of hydrogen-bond donors (Lipinski definition) is 1. The molecule has 0 amide bonds. The van der Waals surface area contributed by atoms with Crippen LogP contribution in [0, 0.1) is 0 Å². The number of thiazole rings is 1. The quantitative estimate of drug-likeness (QED) is 0.886. The summed E-state index contributed by atoms with van der Waals surface area (Å²) in [5, 5.41) is 14.7. The fraction of sp³-hybridized carbons (Fsp3) is 0.500. The monoisotopic (exact) mass is 251 g/mol. The molecule has 5 heteroatoms. The molecule has 1 N–H and O–H groups in total. The first-order valence-corrected chi connectivity index (χ1v) is 6.74. The first-order valence-electron chi connectivity index (χ1n) is 5.86. The molecule has 0 radical (unpaired) electrons. The molecule has 0 aromatic carbocycles. The van der Waals surface area contributed by atoms with E-state index in [2.05, 4.69) is 17.0 Å². The van der Waals surface area contributed by atoms with Gasteiger partial charge in [-0.05, 0) is 19.4 Å². The van der Waals surface area contributed by atoms with Crippen molar-refractivity contribution in [2.24, 2.45) is 0 Å². The SMILES string of the molecule is CCc1cc(C(O)Cc2cncs2)n(CC)n1. The van der Waals surface area contributed by atoms with Gasteiger partial charge < -0.3 is 5.11 Å². The maximum Gasteiger partial charge on any atom is 0.100 e. The highest BCUT2D eigenvalue weighted by Gasteiger charge is 2.15. The van der Waals surface area contributed by atoms with E-state index < -0.39 is 6.10 Å². The second-order valence-corrected chi connectivity index (χ2v) is 4.89. The summed E-state index contributed by atoms with van der Waals surface area (Å²) in [5.41, 5.74) is 3.72. The number of aliphatic hydroxyl groups is 1. The van der Waals surface area contributed by atoms with Gasteiger partial charge in [0.05, 0.1) is 16.9 Å². The third-order valence-corrected chi connectivity index (χ3v) is 3.54. The summed E-state index contributed by atoms with van der Waals surface area (Å²) in [6, 6.07) is 2.00. The molecular formula is C12H17N3OS. The van der Waals surface area contributed by atoms with E-state index in [-0.39, 0.29) is 0 Å². The van der Waals surface area contributed by atoms with Crippen LogP contribution in [0.2, 0.25) is 0 Å². The zero-order chi connectivity index (χ0) is 12.3. The molecule has 0 bridgehead atoms. The molecule has 0 aliphatic heterocycles. The average Bonchev–Trinajstić information content (AvgIpc) is 2.96. The summed E-state index contributed by atoms with van der Waals surface area (Å²) < 4.78 is 1.88. The Kier molecular flexibility index (Phi) is 3.91. The zero-order valence-electron chi connectivity index (χ0n) is 10.1. The standard InChI is InChI=1S/C12H17N3OS/c1-3-9-5-11(15(4-2)14-9)12(16)6-10-7-13-8-17-10/h5,7-8,12,16H,3-4,6H2,1-2H3. The summed E-state index contributed by atoms with van der Waals surface area (Å²) in [4.78, 5) is 5.11. The number of aliphatic hydroxyl groups excluding tert-OH is 1. The highest BCUT2D eigenvalue weighted by Crippen LogP contribution is 2.21. The van der Waals surface area contributed by atoms with E-state index in [4.69, 9.17) is 0 Å². The fourth-order valence-corrected chi connectivity index (χ4v) is 2.45. The normalized spacial score (nSPS) is 12.9. The zero-order valence-corrected chi connectivity index (χ0v) is 10.9. The summed E-state index contributed by atoms with van der Waals surface area (Å²) in [7, 11) is 0. The Morgan fingerprint density at radius 2 is 2.29 bits per heavy atom. The van der Waals surface area contributed by atoms with Crippen molar-refractivity contribution in [1.82, 2.24) is 14.8 Å². The van der Waals surface area contributed by atoms with Crippen molar-refractivity contribution in [1.29, 1.82) is 0 Å². The van der Waals surface area contributed by atoms with E-state index >= 15 is 0 Å². The van der Waals surface area contributed by atoms with Crippen LogP contribution >= 0.6 is 11.3 Å². The van der Waals surface area contributed by atoms with Crippen LogP contribution in [-0.2, 0) is 19.4 Å². The highest BCUT2D eigenvalue weighted by molar-refractivity contribution is 7.09. The molecule has 4 nitrogen and oxygen atoms in total. The van der Waals surface area contributed by atoms with Crippen molar-refractivity contribution in [3.05, 3.63) is 34.0 Å². The lowest BCUT2D eigenvalue weighted by Crippen LogP contribution is -2.09. The van der Waals surface area contributed by atoms with Crippen molar-refractivity contribution >= 4 is 11.3 Å². The van der Waals surface area contributed by atoms with Crippen LogP contribution in [0.15, 0.2) is 17.8 Å². The molecule has 2 rings (SSSR count). The molecule has 0 saturated carbocycles.